The summed E-state index contributed by atoms with van der Waals surface area (Å²) in [7, 11) is -3.89. The second-order valence-corrected chi connectivity index (χ2v) is 9.72. The highest BCUT2D eigenvalue weighted by atomic mass is 32.2. The van der Waals surface area contributed by atoms with Crippen LogP contribution in [0.3, 0.4) is 0 Å². The predicted molar refractivity (Wildman–Crippen MR) is 93.2 cm³/mol. The second kappa shape index (κ2) is 5.89. The van der Waals surface area contributed by atoms with Crippen molar-refractivity contribution in [2.45, 2.75) is 42.4 Å². The normalized spacial score (nSPS) is 21.1. The van der Waals surface area contributed by atoms with Crippen molar-refractivity contribution < 1.29 is 18.3 Å². The average molecular weight is 378 g/mol. The molecule has 25 heavy (non-hydrogen) atoms. The third-order valence-corrected chi connectivity index (χ3v) is 8.30. The lowest BCUT2D eigenvalue weighted by molar-refractivity contribution is -0.142. The number of rotatable bonds is 4. The van der Waals surface area contributed by atoms with E-state index >= 15 is 0 Å². The number of aromatic nitrogens is 1. The topological polar surface area (TPSA) is 87.6 Å². The fourth-order valence-corrected chi connectivity index (χ4v) is 6.38. The molecule has 1 aromatic heterocycles. The van der Waals surface area contributed by atoms with Gasteiger partial charge in [-0.15, -0.1) is 11.3 Å². The summed E-state index contributed by atoms with van der Waals surface area (Å²) in [5.41, 5.74) is 2.49. The van der Waals surface area contributed by atoms with E-state index in [4.69, 9.17) is 0 Å². The minimum Gasteiger partial charge on any atom is -0.480 e. The number of thiazole rings is 1. The minimum atomic E-state index is -3.89. The van der Waals surface area contributed by atoms with E-state index in [-0.39, 0.29) is 10.8 Å². The molecule has 0 radical (unpaired) electrons. The molecule has 1 aliphatic heterocycles. The maximum Gasteiger partial charge on any atom is 0.326 e. The Kier molecular flexibility index (Phi) is 3.93. The van der Waals surface area contributed by atoms with Crippen molar-refractivity contribution in [3.05, 3.63) is 46.1 Å². The lowest BCUT2D eigenvalue weighted by Gasteiger charge is -2.34. The Morgan fingerprint density at radius 1 is 1.36 bits per heavy atom. The Bertz CT molecular complexity index is 947. The molecule has 4 rings (SSSR count). The van der Waals surface area contributed by atoms with Gasteiger partial charge < -0.3 is 5.11 Å². The number of aryl methyl sites for hydroxylation is 1. The van der Waals surface area contributed by atoms with Crippen LogP contribution in [0.15, 0.2) is 28.6 Å². The van der Waals surface area contributed by atoms with Crippen LogP contribution in [0.2, 0.25) is 0 Å². The molecule has 0 bridgehead atoms. The first-order valence-electron chi connectivity index (χ1n) is 8.18. The van der Waals surface area contributed by atoms with Crippen LogP contribution in [0.1, 0.15) is 46.5 Å². The zero-order valence-electron chi connectivity index (χ0n) is 13.7. The van der Waals surface area contributed by atoms with E-state index in [0.29, 0.717) is 17.9 Å². The van der Waals surface area contributed by atoms with Crippen LogP contribution in [-0.4, -0.2) is 35.3 Å². The quantitative estimate of drug-likeness (QED) is 0.884. The molecule has 132 valence electrons. The van der Waals surface area contributed by atoms with Crippen LogP contribution >= 0.6 is 11.3 Å². The van der Waals surface area contributed by atoms with Gasteiger partial charge in [-0.2, -0.15) is 4.31 Å². The van der Waals surface area contributed by atoms with Gasteiger partial charge in [0.1, 0.15) is 6.04 Å². The summed E-state index contributed by atoms with van der Waals surface area (Å²) in [6.07, 6.45) is 3.97. The van der Waals surface area contributed by atoms with Crippen molar-refractivity contribution in [2.24, 2.45) is 0 Å². The molecule has 0 amide bonds. The van der Waals surface area contributed by atoms with Gasteiger partial charge in [-0.3, -0.25) is 4.79 Å². The standard InChI is InChI=1S/C17H18N2O4S2/c1-10-3-2-4-13-12(10)7-8-19(15(13)17(20)21)25(22,23)14-9-18-16(24-14)11-5-6-11/h2-4,9,11,15H,5-8H2,1H3,(H,20,21). The number of carboxylic acids is 1. The molecule has 1 atom stereocenters. The molecule has 6 nitrogen and oxygen atoms in total. The van der Waals surface area contributed by atoms with E-state index in [1.54, 1.807) is 12.1 Å². The Morgan fingerprint density at radius 2 is 2.12 bits per heavy atom. The molecule has 1 aliphatic carbocycles. The van der Waals surface area contributed by atoms with Crippen LogP contribution < -0.4 is 0 Å². The van der Waals surface area contributed by atoms with Gasteiger partial charge in [0, 0.05) is 12.5 Å². The third kappa shape index (κ3) is 2.78. The van der Waals surface area contributed by atoms with E-state index in [1.165, 1.54) is 17.5 Å². The molecule has 8 heteroatoms. The van der Waals surface area contributed by atoms with Crippen molar-refractivity contribution in [3.63, 3.8) is 0 Å². The van der Waals surface area contributed by atoms with Gasteiger partial charge in [-0.1, -0.05) is 18.2 Å². The molecule has 0 spiro atoms. The lowest BCUT2D eigenvalue weighted by atomic mass is 9.91. The maximum atomic E-state index is 13.1. The summed E-state index contributed by atoms with van der Waals surface area (Å²) < 4.78 is 27.4. The molecule has 0 saturated heterocycles. The summed E-state index contributed by atoms with van der Waals surface area (Å²) >= 11 is 1.17. The van der Waals surface area contributed by atoms with Crippen molar-refractivity contribution in [1.29, 1.82) is 0 Å². The van der Waals surface area contributed by atoms with Crippen molar-refractivity contribution >= 4 is 27.3 Å². The molecule has 1 aromatic carbocycles. The van der Waals surface area contributed by atoms with Gasteiger partial charge in [0.25, 0.3) is 10.0 Å². The highest BCUT2D eigenvalue weighted by molar-refractivity contribution is 7.91. The van der Waals surface area contributed by atoms with Crippen molar-refractivity contribution in [1.82, 2.24) is 9.29 Å². The first-order chi connectivity index (χ1) is 11.9. The van der Waals surface area contributed by atoms with Gasteiger partial charge in [0.15, 0.2) is 4.21 Å². The molecule has 2 heterocycles. The molecule has 1 unspecified atom stereocenters. The number of hydrogen-bond acceptors (Lipinski definition) is 5. The van der Waals surface area contributed by atoms with Crippen LogP contribution in [0.25, 0.3) is 0 Å². The Labute approximate surface area is 150 Å². The zero-order valence-corrected chi connectivity index (χ0v) is 15.3. The number of carboxylic acid groups (broad SMARTS) is 1. The van der Waals surface area contributed by atoms with Crippen LogP contribution in [0.4, 0.5) is 0 Å². The Balaban J connectivity index is 1.76. The third-order valence-electron chi connectivity index (χ3n) is 4.84. The molecule has 2 aliphatic rings. The Morgan fingerprint density at radius 3 is 2.80 bits per heavy atom. The monoisotopic (exact) mass is 378 g/mol. The smallest absolute Gasteiger partial charge is 0.326 e. The highest BCUT2D eigenvalue weighted by Crippen LogP contribution is 2.44. The van der Waals surface area contributed by atoms with Gasteiger partial charge in [0.2, 0.25) is 0 Å². The van der Waals surface area contributed by atoms with Gasteiger partial charge in [0.05, 0.1) is 11.2 Å². The molecule has 1 fully saturated rings. The fourth-order valence-electron chi connectivity index (χ4n) is 3.37. The highest BCUT2D eigenvalue weighted by Gasteiger charge is 2.42. The molecule has 1 N–H and O–H groups in total. The molecular weight excluding hydrogens is 360 g/mol. The lowest BCUT2D eigenvalue weighted by Crippen LogP contribution is -2.43. The van der Waals surface area contributed by atoms with Crippen molar-refractivity contribution in [2.75, 3.05) is 6.54 Å². The SMILES string of the molecule is Cc1cccc2c1CCN(S(=O)(=O)c1cnc(C3CC3)s1)C2C(=O)O. The second-order valence-electron chi connectivity index (χ2n) is 6.54. The maximum absolute atomic E-state index is 13.1. The van der Waals surface area contributed by atoms with E-state index in [1.807, 2.05) is 13.0 Å². The van der Waals surface area contributed by atoms with Gasteiger partial charge in [-0.05, 0) is 42.9 Å². The number of aliphatic carboxylic acids is 1. The average Bonchev–Trinajstić information content (AvgIpc) is 3.30. The van der Waals surface area contributed by atoms with Crippen molar-refractivity contribution in [3.8, 4) is 0 Å². The van der Waals surface area contributed by atoms with E-state index in [2.05, 4.69) is 4.98 Å². The van der Waals surface area contributed by atoms with E-state index in [9.17, 15) is 18.3 Å². The van der Waals surface area contributed by atoms with Crippen LogP contribution in [0, 0.1) is 6.92 Å². The molecule has 2 aromatic rings. The zero-order chi connectivity index (χ0) is 17.8. The van der Waals surface area contributed by atoms with Gasteiger partial charge in [-0.25, -0.2) is 13.4 Å². The summed E-state index contributed by atoms with van der Waals surface area (Å²) in [6.45, 7) is 2.08. The largest absolute Gasteiger partial charge is 0.480 e. The number of carbonyl (C=O) groups is 1. The Hall–Kier alpha value is -1.77. The summed E-state index contributed by atoms with van der Waals surface area (Å²) in [4.78, 5) is 16.2. The van der Waals surface area contributed by atoms with E-state index < -0.39 is 22.0 Å². The number of sulfonamides is 1. The number of nitrogens with zero attached hydrogens (tertiary/aromatic N) is 2. The van der Waals surface area contributed by atoms with Gasteiger partial charge >= 0.3 is 5.97 Å². The summed E-state index contributed by atoms with van der Waals surface area (Å²) in [5, 5.41) is 10.6. The van der Waals surface area contributed by atoms with Crippen LogP contribution in [-0.2, 0) is 21.2 Å². The number of benzene rings is 1. The summed E-state index contributed by atoms with van der Waals surface area (Å²) in [6, 6.07) is 4.22. The summed E-state index contributed by atoms with van der Waals surface area (Å²) in [5.74, 6) is -0.781. The fraction of sp³-hybridized carbons (Fsp3) is 0.412. The van der Waals surface area contributed by atoms with Crippen LogP contribution in [0.5, 0.6) is 0 Å². The molecule has 1 saturated carbocycles. The minimum absolute atomic E-state index is 0.136. The number of hydrogen-bond donors (Lipinski definition) is 1. The van der Waals surface area contributed by atoms with E-state index in [0.717, 1.165) is 33.3 Å². The molecular formula is C17H18N2O4S2. The number of fused-ring (bicyclic) bond motifs is 1. The first kappa shape index (κ1) is 16.7. The first-order valence-corrected chi connectivity index (χ1v) is 10.4. The predicted octanol–water partition coefficient (Wildman–Crippen LogP) is 2.70.